The highest BCUT2D eigenvalue weighted by molar-refractivity contribution is 5.88. The van der Waals surface area contributed by atoms with E-state index in [4.69, 9.17) is 25.5 Å². The second-order valence-corrected chi connectivity index (χ2v) is 9.38. The summed E-state index contributed by atoms with van der Waals surface area (Å²) < 4.78 is 0. The molecular formula is C32H42O8. The molecule has 0 saturated heterocycles. The van der Waals surface area contributed by atoms with Crippen LogP contribution in [-0.4, -0.2) is 55.6 Å². The largest absolute Gasteiger partial charge is 0.478 e. The van der Waals surface area contributed by atoms with Crippen LogP contribution in [0.4, 0.5) is 0 Å². The topological polar surface area (TPSA) is 152 Å². The number of hydrogen-bond donors (Lipinski definition) is 5. The number of aliphatic hydroxyl groups excluding tert-OH is 2. The summed E-state index contributed by atoms with van der Waals surface area (Å²) in [6.07, 6.45) is 3.09. The Morgan fingerprint density at radius 2 is 0.900 bits per heavy atom. The molecule has 218 valence electrons. The highest BCUT2D eigenvalue weighted by Crippen LogP contribution is 2.08. The molecule has 0 aliphatic rings. The van der Waals surface area contributed by atoms with Gasteiger partial charge in [-0.1, -0.05) is 60.9 Å². The van der Waals surface area contributed by atoms with E-state index < -0.39 is 17.9 Å². The molecule has 0 bridgehead atoms. The molecule has 0 amide bonds. The maximum Gasteiger partial charge on any atom is 0.335 e. The summed E-state index contributed by atoms with van der Waals surface area (Å²) in [6, 6.07) is 20.6. The summed E-state index contributed by atoms with van der Waals surface area (Å²) in [5.41, 5.74) is 4.40. The zero-order valence-corrected chi connectivity index (χ0v) is 23.9. The van der Waals surface area contributed by atoms with Crippen LogP contribution in [0.5, 0.6) is 0 Å². The van der Waals surface area contributed by atoms with Gasteiger partial charge in [-0.2, -0.15) is 0 Å². The van der Waals surface area contributed by atoms with Crippen molar-refractivity contribution in [2.75, 3.05) is 0 Å². The normalized spacial score (nSPS) is 11.2. The van der Waals surface area contributed by atoms with Gasteiger partial charge >= 0.3 is 17.9 Å². The van der Waals surface area contributed by atoms with Gasteiger partial charge in [-0.15, -0.1) is 0 Å². The van der Waals surface area contributed by atoms with Crippen LogP contribution in [0, 0.1) is 13.8 Å². The number of carboxylic acid groups (broad SMARTS) is 3. The molecule has 3 rings (SSSR count). The fourth-order valence-electron chi connectivity index (χ4n) is 3.08. The standard InChI is InChI=1S/C11H14O2.2C8H8O2.C5H12O2/c1-2-3-4-9-5-7-10(8-6-9)11(12)13;2*1-6-2-4-7(5-3-6)8(9)10;1-4(6)3-5(2)7/h5-8H,2-4H2,1H3,(H,12,13);2*2-5H,1H3,(H,9,10);4-7H,3H2,1-2H3. The van der Waals surface area contributed by atoms with Crippen LogP contribution in [0.3, 0.4) is 0 Å². The van der Waals surface area contributed by atoms with Crippen molar-refractivity contribution in [3.05, 3.63) is 106 Å². The van der Waals surface area contributed by atoms with Crippen molar-refractivity contribution in [2.24, 2.45) is 0 Å². The minimum Gasteiger partial charge on any atom is -0.478 e. The summed E-state index contributed by atoms with van der Waals surface area (Å²) in [7, 11) is 0. The molecule has 5 N–H and O–H groups in total. The number of aryl methyl sites for hydroxylation is 3. The molecule has 3 aromatic carbocycles. The highest BCUT2D eigenvalue weighted by Gasteiger charge is 2.01. The van der Waals surface area contributed by atoms with E-state index in [2.05, 4.69) is 6.92 Å². The first-order chi connectivity index (χ1) is 18.8. The van der Waals surface area contributed by atoms with Gasteiger partial charge in [0.15, 0.2) is 0 Å². The van der Waals surface area contributed by atoms with Crippen LogP contribution in [0.15, 0.2) is 72.8 Å². The van der Waals surface area contributed by atoms with Crippen molar-refractivity contribution < 1.29 is 39.9 Å². The molecule has 2 unspecified atom stereocenters. The summed E-state index contributed by atoms with van der Waals surface area (Å²) in [5.74, 6) is -2.61. The monoisotopic (exact) mass is 554 g/mol. The Bertz CT molecular complexity index is 1070. The molecule has 0 radical (unpaired) electrons. The predicted octanol–water partition coefficient (Wildman–Crippen LogP) is 6.25. The maximum atomic E-state index is 10.5. The SMILES string of the molecule is CC(O)CC(C)O.CCCCc1ccc(C(=O)O)cc1.Cc1ccc(C(=O)O)cc1.Cc1ccc(C(=O)O)cc1. The van der Waals surface area contributed by atoms with Gasteiger partial charge in [0, 0.05) is 0 Å². The second-order valence-electron chi connectivity index (χ2n) is 9.38. The average Bonchev–Trinajstić information content (AvgIpc) is 2.88. The first-order valence-electron chi connectivity index (χ1n) is 13.0. The van der Waals surface area contributed by atoms with Crippen molar-refractivity contribution in [3.63, 3.8) is 0 Å². The zero-order valence-electron chi connectivity index (χ0n) is 23.9. The van der Waals surface area contributed by atoms with Gasteiger partial charge in [0.1, 0.15) is 0 Å². The summed E-state index contributed by atoms with van der Waals surface area (Å²) in [6.45, 7) is 9.31. The summed E-state index contributed by atoms with van der Waals surface area (Å²) in [4.78, 5) is 31.2. The van der Waals surface area contributed by atoms with Gasteiger partial charge in [-0.3, -0.25) is 0 Å². The first-order valence-corrected chi connectivity index (χ1v) is 13.0. The number of aromatic carboxylic acids is 3. The van der Waals surface area contributed by atoms with Crippen molar-refractivity contribution >= 4 is 17.9 Å². The van der Waals surface area contributed by atoms with E-state index in [9.17, 15) is 14.4 Å². The van der Waals surface area contributed by atoms with Gasteiger partial charge in [0.25, 0.3) is 0 Å². The number of benzene rings is 3. The first kappa shape index (κ1) is 36.0. The van der Waals surface area contributed by atoms with Crippen LogP contribution in [0.1, 0.15) is 87.8 Å². The molecule has 0 aliphatic carbocycles. The lowest BCUT2D eigenvalue weighted by Gasteiger charge is -2.04. The molecule has 0 aliphatic heterocycles. The number of carbonyl (C=O) groups is 3. The van der Waals surface area contributed by atoms with Crippen LogP contribution < -0.4 is 0 Å². The van der Waals surface area contributed by atoms with E-state index in [-0.39, 0.29) is 12.2 Å². The van der Waals surface area contributed by atoms with Gasteiger partial charge in [-0.25, -0.2) is 14.4 Å². The van der Waals surface area contributed by atoms with Crippen LogP contribution >= 0.6 is 0 Å². The molecule has 0 fully saturated rings. The van der Waals surface area contributed by atoms with Crippen LogP contribution in [0.25, 0.3) is 0 Å². The Morgan fingerprint density at radius 3 is 1.12 bits per heavy atom. The third-order valence-corrected chi connectivity index (χ3v) is 5.30. The summed E-state index contributed by atoms with van der Waals surface area (Å²) >= 11 is 0. The van der Waals surface area contributed by atoms with E-state index in [0.29, 0.717) is 23.1 Å². The minimum absolute atomic E-state index is 0.339. The molecular weight excluding hydrogens is 512 g/mol. The third kappa shape index (κ3) is 17.5. The fourth-order valence-corrected chi connectivity index (χ4v) is 3.08. The Morgan fingerprint density at radius 1 is 0.600 bits per heavy atom. The van der Waals surface area contributed by atoms with Crippen molar-refractivity contribution in [1.82, 2.24) is 0 Å². The van der Waals surface area contributed by atoms with Gasteiger partial charge in [0.05, 0.1) is 28.9 Å². The highest BCUT2D eigenvalue weighted by atomic mass is 16.4. The lowest BCUT2D eigenvalue weighted by molar-refractivity contribution is 0.0686. The van der Waals surface area contributed by atoms with Crippen molar-refractivity contribution in [2.45, 2.75) is 72.5 Å². The van der Waals surface area contributed by atoms with Crippen LogP contribution in [-0.2, 0) is 6.42 Å². The number of unbranched alkanes of at least 4 members (excludes halogenated alkanes) is 1. The molecule has 0 aromatic heterocycles. The predicted molar refractivity (Wildman–Crippen MR) is 156 cm³/mol. The van der Waals surface area contributed by atoms with Gasteiger partial charge in [0.2, 0.25) is 0 Å². The number of hydrogen-bond acceptors (Lipinski definition) is 5. The molecule has 40 heavy (non-hydrogen) atoms. The van der Waals surface area contributed by atoms with E-state index in [1.807, 2.05) is 26.0 Å². The molecule has 8 nitrogen and oxygen atoms in total. The molecule has 2 atom stereocenters. The lowest BCUT2D eigenvalue weighted by atomic mass is 10.1. The zero-order chi connectivity index (χ0) is 30.7. The smallest absolute Gasteiger partial charge is 0.335 e. The Labute approximate surface area is 236 Å². The van der Waals surface area contributed by atoms with Crippen LogP contribution in [0.2, 0.25) is 0 Å². The minimum atomic E-state index is -0.875. The molecule has 0 heterocycles. The van der Waals surface area contributed by atoms with Gasteiger partial charge < -0.3 is 25.5 Å². The summed E-state index contributed by atoms with van der Waals surface area (Å²) in [5, 5.41) is 42.7. The molecule has 0 spiro atoms. The van der Waals surface area contributed by atoms with E-state index in [1.165, 1.54) is 12.0 Å². The quantitative estimate of drug-likeness (QED) is 0.219. The molecule has 0 saturated carbocycles. The Kier molecular flexibility index (Phi) is 18.0. The lowest BCUT2D eigenvalue weighted by Crippen LogP contribution is -2.10. The van der Waals surface area contributed by atoms with Crippen molar-refractivity contribution in [3.8, 4) is 0 Å². The Hall–Kier alpha value is -4.01. The van der Waals surface area contributed by atoms with E-state index in [1.54, 1.807) is 74.5 Å². The number of rotatable bonds is 8. The third-order valence-electron chi connectivity index (χ3n) is 5.30. The maximum absolute atomic E-state index is 10.5. The number of aliphatic hydroxyl groups is 2. The Balaban J connectivity index is 0.000000519. The van der Waals surface area contributed by atoms with E-state index >= 15 is 0 Å². The second kappa shape index (κ2) is 20.0. The average molecular weight is 555 g/mol. The molecule has 3 aromatic rings. The van der Waals surface area contributed by atoms with Crippen molar-refractivity contribution in [1.29, 1.82) is 0 Å². The molecule has 8 heteroatoms. The van der Waals surface area contributed by atoms with E-state index in [0.717, 1.165) is 24.0 Å². The number of carboxylic acids is 3. The van der Waals surface area contributed by atoms with Gasteiger partial charge in [-0.05, 0) is 88.9 Å². The fraction of sp³-hybridized carbons (Fsp3) is 0.344.